The highest BCUT2D eigenvalue weighted by atomic mass is 32.2. The number of carbonyl (C=O) groups is 1. The summed E-state index contributed by atoms with van der Waals surface area (Å²) in [5, 5.41) is 4.51. The molecule has 1 fully saturated rings. The third-order valence-electron chi connectivity index (χ3n) is 4.88. The Balaban J connectivity index is 1.54. The summed E-state index contributed by atoms with van der Waals surface area (Å²) in [6.07, 6.45) is 0. The van der Waals surface area contributed by atoms with E-state index in [0.717, 1.165) is 46.2 Å². The van der Waals surface area contributed by atoms with Gasteiger partial charge < -0.3 is 9.88 Å². The standard InChI is InChI=1S/C19H22N4O3S3/c1-2-23-15-6-4-3-5-14(15)21-17(23)13-20-19(24)18-16(7-10-28-18)29(25,26)22-8-11-27-12-9-22/h3-7,10H,2,8-9,11-13H2,1H3,(H,20,24). The van der Waals surface area contributed by atoms with Gasteiger partial charge in [-0.3, -0.25) is 4.79 Å². The fraction of sp³-hybridized carbons (Fsp3) is 0.368. The number of nitrogens with zero attached hydrogens (tertiary/aromatic N) is 3. The first kappa shape index (κ1) is 20.4. The second kappa shape index (κ2) is 8.47. The minimum Gasteiger partial charge on any atom is -0.344 e. The molecule has 154 valence electrons. The number of thiophene rings is 1. The Bertz CT molecular complexity index is 1130. The van der Waals surface area contributed by atoms with Crippen molar-refractivity contribution in [3.05, 3.63) is 46.4 Å². The highest BCUT2D eigenvalue weighted by molar-refractivity contribution is 7.99. The zero-order valence-electron chi connectivity index (χ0n) is 16.0. The molecule has 7 nitrogen and oxygen atoms in total. The number of aromatic nitrogens is 2. The predicted octanol–water partition coefficient (Wildman–Crippen LogP) is 2.79. The summed E-state index contributed by atoms with van der Waals surface area (Å²) >= 11 is 2.89. The van der Waals surface area contributed by atoms with Gasteiger partial charge in [-0.05, 0) is 30.5 Å². The van der Waals surface area contributed by atoms with Gasteiger partial charge in [0.1, 0.15) is 15.6 Å². The van der Waals surface area contributed by atoms with Gasteiger partial charge in [0.2, 0.25) is 10.0 Å². The van der Waals surface area contributed by atoms with Crippen LogP contribution in [0.15, 0.2) is 40.6 Å². The predicted molar refractivity (Wildman–Crippen MR) is 117 cm³/mol. The van der Waals surface area contributed by atoms with Crippen LogP contribution in [-0.4, -0.2) is 52.8 Å². The molecule has 1 saturated heterocycles. The Morgan fingerprint density at radius 1 is 1.21 bits per heavy atom. The summed E-state index contributed by atoms with van der Waals surface area (Å²) in [6, 6.07) is 9.35. The summed E-state index contributed by atoms with van der Waals surface area (Å²) in [5.74, 6) is 1.91. The van der Waals surface area contributed by atoms with E-state index in [-0.39, 0.29) is 22.2 Å². The molecule has 4 rings (SSSR count). The van der Waals surface area contributed by atoms with E-state index in [4.69, 9.17) is 0 Å². The van der Waals surface area contributed by atoms with Gasteiger partial charge >= 0.3 is 0 Å². The van der Waals surface area contributed by atoms with Crippen LogP contribution < -0.4 is 5.32 Å². The first-order chi connectivity index (χ1) is 14.0. The molecule has 1 aliphatic heterocycles. The summed E-state index contributed by atoms with van der Waals surface area (Å²) in [7, 11) is -3.66. The SMILES string of the molecule is CCn1c(CNC(=O)c2sccc2S(=O)(=O)N2CCSCC2)nc2ccccc21. The van der Waals surface area contributed by atoms with Crippen molar-refractivity contribution in [3.8, 4) is 0 Å². The van der Waals surface area contributed by atoms with Gasteiger partial charge in [-0.25, -0.2) is 13.4 Å². The van der Waals surface area contributed by atoms with E-state index >= 15 is 0 Å². The fourth-order valence-electron chi connectivity index (χ4n) is 3.45. The largest absolute Gasteiger partial charge is 0.344 e. The Morgan fingerprint density at radius 2 is 1.97 bits per heavy atom. The van der Waals surface area contributed by atoms with Gasteiger partial charge in [-0.1, -0.05) is 12.1 Å². The average molecular weight is 451 g/mol. The number of carbonyl (C=O) groups excluding carboxylic acids is 1. The molecule has 2 aromatic heterocycles. The molecule has 0 unspecified atom stereocenters. The second-order valence-electron chi connectivity index (χ2n) is 6.57. The number of thioether (sulfide) groups is 1. The summed E-state index contributed by atoms with van der Waals surface area (Å²) < 4.78 is 29.5. The highest BCUT2D eigenvalue weighted by Gasteiger charge is 2.31. The third kappa shape index (κ3) is 3.94. The molecular formula is C19H22N4O3S3. The molecule has 1 aliphatic rings. The lowest BCUT2D eigenvalue weighted by atomic mass is 10.3. The molecule has 3 heterocycles. The molecule has 0 radical (unpaired) electrons. The molecule has 0 saturated carbocycles. The number of sulfonamides is 1. The molecular weight excluding hydrogens is 428 g/mol. The van der Waals surface area contributed by atoms with E-state index in [9.17, 15) is 13.2 Å². The zero-order valence-corrected chi connectivity index (χ0v) is 18.4. The van der Waals surface area contributed by atoms with Crippen LogP contribution in [0.2, 0.25) is 0 Å². The van der Waals surface area contributed by atoms with Gasteiger partial charge in [-0.2, -0.15) is 16.1 Å². The number of para-hydroxylation sites is 2. The number of rotatable bonds is 6. The van der Waals surface area contributed by atoms with Crippen molar-refractivity contribution in [3.63, 3.8) is 0 Å². The van der Waals surface area contributed by atoms with Crippen molar-refractivity contribution in [1.29, 1.82) is 0 Å². The van der Waals surface area contributed by atoms with E-state index in [0.29, 0.717) is 13.1 Å². The second-order valence-corrected chi connectivity index (χ2v) is 10.6. The third-order valence-corrected chi connectivity index (χ3v) is 8.81. The monoisotopic (exact) mass is 450 g/mol. The van der Waals surface area contributed by atoms with Crippen molar-refractivity contribution in [2.45, 2.75) is 24.9 Å². The van der Waals surface area contributed by atoms with Gasteiger partial charge in [0.05, 0.1) is 17.6 Å². The van der Waals surface area contributed by atoms with E-state index in [1.165, 1.54) is 10.4 Å². The fourth-order valence-corrected chi connectivity index (χ4v) is 7.34. The molecule has 0 atom stereocenters. The molecule has 0 spiro atoms. The van der Waals surface area contributed by atoms with E-state index in [2.05, 4.69) is 10.3 Å². The van der Waals surface area contributed by atoms with E-state index < -0.39 is 10.0 Å². The maximum absolute atomic E-state index is 13.0. The van der Waals surface area contributed by atoms with Crippen molar-refractivity contribution in [1.82, 2.24) is 19.2 Å². The van der Waals surface area contributed by atoms with Crippen molar-refractivity contribution in [2.24, 2.45) is 0 Å². The number of hydrogen-bond donors (Lipinski definition) is 1. The van der Waals surface area contributed by atoms with Crippen LogP contribution >= 0.6 is 23.1 Å². The Hall–Kier alpha value is -1.88. The molecule has 10 heteroatoms. The number of hydrogen-bond acceptors (Lipinski definition) is 6. The molecule has 1 aromatic carbocycles. The maximum atomic E-state index is 13.0. The van der Waals surface area contributed by atoms with Gasteiger partial charge in [0.25, 0.3) is 5.91 Å². The number of benzene rings is 1. The first-order valence-electron chi connectivity index (χ1n) is 9.40. The zero-order chi connectivity index (χ0) is 20.4. The highest BCUT2D eigenvalue weighted by Crippen LogP contribution is 2.27. The Morgan fingerprint density at radius 3 is 2.72 bits per heavy atom. The Labute approximate surface area is 178 Å². The first-order valence-corrected chi connectivity index (χ1v) is 12.9. The van der Waals surface area contributed by atoms with E-state index in [1.807, 2.05) is 35.8 Å². The van der Waals surface area contributed by atoms with Crippen molar-refractivity contribution >= 4 is 50.1 Å². The topological polar surface area (TPSA) is 84.3 Å². The van der Waals surface area contributed by atoms with Crippen LogP contribution in [0.3, 0.4) is 0 Å². The van der Waals surface area contributed by atoms with E-state index in [1.54, 1.807) is 17.1 Å². The summed E-state index contributed by atoms with van der Waals surface area (Å²) in [5.41, 5.74) is 1.89. The van der Waals surface area contributed by atoms with Crippen LogP contribution in [0.4, 0.5) is 0 Å². The maximum Gasteiger partial charge on any atom is 0.263 e. The van der Waals surface area contributed by atoms with Gasteiger partial charge in [0.15, 0.2) is 0 Å². The molecule has 29 heavy (non-hydrogen) atoms. The lowest BCUT2D eigenvalue weighted by Crippen LogP contribution is -2.38. The lowest BCUT2D eigenvalue weighted by Gasteiger charge is -2.25. The smallest absolute Gasteiger partial charge is 0.263 e. The van der Waals surface area contributed by atoms with Crippen molar-refractivity contribution in [2.75, 3.05) is 24.6 Å². The number of amides is 1. The quantitative estimate of drug-likeness (QED) is 0.624. The van der Waals surface area contributed by atoms with Crippen molar-refractivity contribution < 1.29 is 13.2 Å². The van der Waals surface area contributed by atoms with Gasteiger partial charge in [-0.15, -0.1) is 11.3 Å². The van der Waals surface area contributed by atoms with Crippen LogP contribution in [0.25, 0.3) is 11.0 Å². The summed E-state index contributed by atoms with van der Waals surface area (Å²) in [6.45, 7) is 3.95. The molecule has 3 aromatic rings. The minimum atomic E-state index is -3.66. The average Bonchev–Trinajstić information content (AvgIpc) is 3.37. The Kier molecular flexibility index (Phi) is 5.95. The summed E-state index contributed by atoms with van der Waals surface area (Å²) in [4.78, 5) is 17.7. The van der Waals surface area contributed by atoms with Gasteiger partial charge in [0, 0.05) is 31.1 Å². The molecule has 1 amide bonds. The van der Waals surface area contributed by atoms with Crippen LogP contribution in [-0.2, 0) is 23.1 Å². The normalized spacial score (nSPS) is 15.6. The lowest BCUT2D eigenvalue weighted by molar-refractivity contribution is 0.0950. The number of nitrogens with one attached hydrogen (secondary N) is 1. The number of imidazole rings is 1. The number of aryl methyl sites for hydroxylation is 1. The molecule has 1 N–H and O–H groups in total. The van der Waals surface area contributed by atoms with Crippen LogP contribution in [0.1, 0.15) is 22.4 Å². The van der Waals surface area contributed by atoms with Crippen LogP contribution in [0, 0.1) is 0 Å². The molecule has 0 bridgehead atoms. The number of fused-ring (bicyclic) bond motifs is 1. The van der Waals surface area contributed by atoms with Crippen LogP contribution in [0.5, 0.6) is 0 Å². The molecule has 0 aliphatic carbocycles. The minimum absolute atomic E-state index is 0.0934.